The van der Waals surface area contributed by atoms with Gasteiger partial charge < -0.3 is 4.90 Å². The number of benzene rings is 2. The molecule has 0 saturated heterocycles. The number of hydrogen-bond donors (Lipinski definition) is 0. The molecule has 0 atom stereocenters. The van der Waals surface area contributed by atoms with E-state index in [9.17, 15) is 0 Å². The molecule has 2 heterocycles. The number of aromatic nitrogens is 1. The van der Waals surface area contributed by atoms with Gasteiger partial charge in [0.2, 0.25) is 0 Å². The van der Waals surface area contributed by atoms with Crippen LogP contribution < -0.4 is 4.90 Å². The molecule has 1 aliphatic heterocycles. The first kappa shape index (κ1) is 19.6. The molecule has 3 aromatic rings. The monoisotopic (exact) mass is 374 g/mol. The predicted molar refractivity (Wildman–Crippen MR) is 112 cm³/mol. The number of pyridine rings is 1. The molecule has 0 amide bonds. The first-order valence-electron chi connectivity index (χ1n) is 8.57. The van der Waals surface area contributed by atoms with Crippen molar-refractivity contribution in [1.29, 1.82) is 0 Å². The van der Waals surface area contributed by atoms with Gasteiger partial charge in [-0.1, -0.05) is 54.6 Å². The van der Waals surface area contributed by atoms with Crippen LogP contribution in [0.4, 0.5) is 5.69 Å². The third kappa shape index (κ3) is 4.26. The van der Waals surface area contributed by atoms with Gasteiger partial charge in [0.25, 0.3) is 0 Å². The topological polar surface area (TPSA) is 16.1 Å². The number of anilines is 1. The first-order valence-corrected chi connectivity index (χ1v) is 8.57. The van der Waals surface area contributed by atoms with Crippen molar-refractivity contribution in [3.8, 4) is 0 Å². The summed E-state index contributed by atoms with van der Waals surface area (Å²) in [6.45, 7) is 2.26. The van der Waals surface area contributed by atoms with Crippen LogP contribution in [0.2, 0.25) is 0 Å². The third-order valence-electron chi connectivity index (χ3n) is 4.74. The molecule has 2 nitrogen and oxygen atoms in total. The van der Waals surface area contributed by atoms with Crippen molar-refractivity contribution >= 4 is 41.3 Å². The average molecular weight is 375 g/mol. The average Bonchev–Trinajstić information content (AvgIpc) is 2.62. The summed E-state index contributed by atoms with van der Waals surface area (Å²) in [5, 5.41) is 2.61. The summed E-state index contributed by atoms with van der Waals surface area (Å²) in [5.74, 6) is 0. The highest BCUT2D eigenvalue weighted by Gasteiger charge is 2.20. The summed E-state index contributed by atoms with van der Waals surface area (Å²) in [7, 11) is 0. The molecule has 4 heteroatoms. The van der Waals surface area contributed by atoms with Crippen molar-refractivity contribution in [3.05, 3.63) is 72.1 Å². The zero-order chi connectivity index (χ0) is 15.5. The van der Waals surface area contributed by atoms with Crippen molar-refractivity contribution in [2.45, 2.75) is 25.7 Å². The van der Waals surface area contributed by atoms with Crippen LogP contribution in [0, 0.1) is 0 Å². The van der Waals surface area contributed by atoms with Crippen molar-refractivity contribution in [2.75, 3.05) is 18.0 Å². The van der Waals surface area contributed by atoms with Crippen LogP contribution in [0.5, 0.6) is 0 Å². The second-order valence-corrected chi connectivity index (χ2v) is 6.32. The van der Waals surface area contributed by atoms with Gasteiger partial charge in [0.05, 0.1) is 11.4 Å². The van der Waals surface area contributed by atoms with Crippen LogP contribution in [0.1, 0.15) is 24.1 Å². The van der Waals surface area contributed by atoms with E-state index in [4.69, 9.17) is 4.98 Å². The van der Waals surface area contributed by atoms with Gasteiger partial charge in [-0.15, -0.1) is 24.8 Å². The van der Waals surface area contributed by atoms with Gasteiger partial charge in [0, 0.05) is 30.1 Å². The molecule has 2 aromatic carbocycles. The normalized spacial score (nSPS) is 12.9. The highest BCUT2D eigenvalue weighted by atomic mass is 35.5. The molecule has 1 aromatic heterocycles. The molecule has 1 aliphatic rings. The van der Waals surface area contributed by atoms with E-state index in [0.29, 0.717) is 0 Å². The Bertz CT molecular complexity index is 805. The highest BCUT2D eigenvalue weighted by molar-refractivity contribution is 5.95. The quantitative estimate of drug-likeness (QED) is 0.602. The van der Waals surface area contributed by atoms with Gasteiger partial charge >= 0.3 is 0 Å². The minimum Gasteiger partial charge on any atom is -0.370 e. The minimum absolute atomic E-state index is 0. The van der Waals surface area contributed by atoms with E-state index in [1.54, 1.807) is 0 Å². The maximum atomic E-state index is 4.72. The number of halogens is 2. The molecule has 4 rings (SSSR count). The molecular formula is C21H24Cl2N2. The fourth-order valence-corrected chi connectivity index (χ4v) is 3.62. The van der Waals surface area contributed by atoms with E-state index in [1.807, 2.05) is 6.20 Å². The van der Waals surface area contributed by atoms with Gasteiger partial charge in [-0.2, -0.15) is 0 Å². The molecule has 0 unspecified atom stereocenters. The van der Waals surface area contributed by atoms with Gasteiger partial charge in [-0.05, 0) is 31.2 Å². The van der Waals surface area contributed by atoms with Crippen LogP contribution >= 0.6 is 24.8 Å². The zero-order valence-electron chi connectivity index (χ0n) is 14.2. The summed E-state index contributed by atoms with van der Waals surface area (Å²) in [4.78, 5) is 7.27. The van der Waals surface area contributed by atoms with Gasteiger partial charge in [0.1, 0.15) is 0 Å². The lowest BCUT2D eigenvalue weighted by atomic mass is 10.0. The van der Waals surface area contributed by atoms with Gasteiger partial charge in [-0.25, -0.2) is 0 Å². The first-order chi connectivity index (χ1) is 11.4. The van der Waals surface area contributed by atoms with E-state index in [2.05, 4.69) is 59.5 Å². The molecule has 0 radical (unpaired) electrons. The van der Waals surface area contributed by atoms with Crippen molar-refractivity contribution in [1.82, 2.24) is 4.98 Å². The van der Waals surface area contributed by atoms with Crippen molar-refractivity contribution < 1.29 is 0 Å². The Morgan fingerprint density at radius 2 is 1.68 bits per heavy atom. The maximum absolute atomic E-state index is 4.72. The predicted octanol–water partition coefficient (Wildman–Crippen LogP) is 5.46. The van der Waals surface area contributed by atoms with E-state index in [-0.39, 0.29) is 24.8 Å². The molecule has 132 valence electrons. The number of fused-ring (bicyclic) bond motifs is 3. The van der Waals surface area contributed by atoms with Gasteiger partial charge in [0.15, 0.2) is 0 Å². The molecule has 0 saturated carbocycles. The molecule has 0 fully saturated rings. The van der Waals surface area contributed by atoms with E-state index < -0.39 is 0 Å². The Morgan fingerprint density at radius 3 is 2.52 bits per heavy atom. The van der Waals surface area contributed by atoms with E-state index in [1.165, 1.54) is 40.6 Å². The fourth-order valence-electron chi connectivity index (χ4n) is 3.62. The van der Waals surface area contributed by atoms with Crippen LogP contribution in [-0.4, -0.2) is 18.1 Å². The largest absolute Gasteiger partial charge is 0.370 e. The fraction of sp³-hybridized carbons (Fsp3) is 0.286. The van der Waals surface area contributed by atoms with Crippen LogP contribution in [0.3, 0.4) is 0 Å². The second kappa shape index (κ2) is 9.07. The molecule has 0 N–H and O–H groups in total. The molecule has 0 aliphatic carbocycles. The lowest BCUT2D eigenvalue weighted by molar-refractivity contribution is 0.657. The Hall–Kier alpha value is -1.77. The molecule has 0 spiro atoms. The van der Waals surface area contributed by atoms with Crippen molar-refractivity contribution in [2.24, 2.45) is 0 Å². The Kier molecular flexibility index (Phi) is 7.10. The molecule has 25 heavy (non-hydrogen) atoms. The maximum Gasteiger partial charge on any atom is 0.0665 e. The highest BCUT2D eigenvalue weighted by Crippen LogP contribution is 2.33. The number of nitrogens with zero attached hydrogens (tertiary/aromatic N) is 2. The SMILES string of the molecule is Cl.Cl.c1ccc(CCCN2CCCc3ncc4ccccc4c32)cc1. The second-order valence-electron chi connectivity index (χ2n) is 6.32. The number of aryl methyl sites for hydroxylation is 2. The van der Waals surface area contributed by atoms with E-state index in [0.717, 1.165) is 25.9 Å². The van der Waals surface area contributed by atoms with Gasteiger partial charge in [-0.3, -0.25) is 4.98 Å². The number of hydrogen-bond acceptors (Lipinski definition) is 2. The Labute approximate surface area is 162 Å². The summed E-state index contributed by atoms with van der Waals surface area (Å²) in [6, 6.07) is 19.4. The summed E-state index contributed by atoms with van der Waals surface area (Å²) in [5.41, 5.74) is 4.08. The molecular weight excluding hydrogens is 351 g/mol. The van der Waals surface area contributed by atoms with Crippen LogP contribution in [0.15, 0.2) is 60.8 Å². The van der Waals surface area contributed by atoms with E-state index >= 15 is 0 Å². The minimum atomic E-state index is 0. The lowest BCUT2D eigenvalue weighted by Gasteiger charge is -2.32. The van der Waals surface area contributed by atoms with Crippen LogP contribution in [-0.2, 0) is 12.8 Å². The third-order valence-corrected chi connectivity index (χ3v) is 4.74. The number of rotatable bonds is 4. The van der Waals surface area contributed by atoms with Crippen LogP contribution in [0.25, 0.3) is 10.8 Å². The van der Waals surface area contributed by atoms with Crippen molar-refractivity contribution in [3.63, 3.8) is 0 Å². The molecule has 0 bridgehead atoms. The summed E-state index contributed by atoms with van der Waals surface area (Å²) < 4.78 is 0. The summed E-state index contributed by atoms with van der Waals surface area (Å²) >= 11 is 0. The smallest absolute Gasteiger partial charge is 0.0665 e. The summed E-state index contributed by atoms with van der Waals surface area (Å²) in [6.07, 6.45) is 6.68. The Morgan fingerprint density at radius 1 is 0.920 bits per heavy atom. The lowest BCUT2D eigenvalue weighted by Crippen LogP contribution is -2.31. The standard InChI is InChI=1S/C21H22N2.2ClH/c1-2-8-17(9-3-1)10-6-14-23-15-7-13-20-21(23)19-12-5-4-11-18(19)16-22-20;;/h1-5,8-9,11-12,16H,6-7,10,13-15H2;2*1H. The zero-order valence-corrected chi connectivity index (χ0v) is 15.9. The Balaban J connectivity index is 0.00000113.